The smallest absolute Gasteiger partial charge is 0.252 e. The Bertz CT molecular complexity index is 1700. The summed E-state index contributed by atoms with van der Waals surface area (Å²) in [6.07, 6.45) is 0. The number of aromatic nitrogens is 6. The summed E-state index contributed by atoms with van der Waals surface area (Å²) in [5.74, 6) is 1.75. The summed E-state index contributed by atoms with van der Waals surface area (Å²) in [7, 11) is 0. The van der Waals surface area contributed by atoms with E-state index in [0.29, 0.717) is 23.2 Å². The maximum absolute atomic E-state index is 10.8. The highest BCUT2D eigenvalue weighted by Gasteiger charge is 2.12. The van der Waals surface area contributed by atoms with Gasteiger partial charge in [0.2, 0.25) is 17.6 Å². The van der Waals surface area contributed by atoms with Crippen LogP contribution in [-0.2, 0) is 0 Å². The molecule has 6 aromatic rings. The first-order chi connectivity index (χ1) is 21.8. The first kappa shape index (κ1) is 39.1. The molecule has 1 N–H and O–H groups in total. The molecule has 0 saturated heterocycles. The van der Waals surface area contributed by atoms with Crippen LogP contribution < -0.4 is 0 Å². The van der Waals surface area contributed by atoms with Gasteiger partial charge in [-0.15, -0.1) is 20.4 Å². The lowest BCUT2D eigenvalue weighted by Gasteiger charge is -2.01. The minimum Gasteiger partial charge on any atom is -0.416 e. The molecule has 4 aromatic carbocycles. The lowest BCUT2D eigenvalue weighted by molar-refractivity contribution is 0.108. The molecule has 0 bridgehead atoms. The number of halogens is 1. The Labute approximate surface area is 278 Å². The standard InChI is InChI=1S/C16H14N2O.C9H9ClO.C7H6N4.2C2H6.CH4/c1-11-8-9-12(2)14(10-11)16-18-17-15(19-16)13-6-4-3-5-7-13;1-6-3-4-7(2)8(5-6)9(10)11;1-2-4-6(5-3-1)7-8-10-11-9-7;2*1-2;/h3-10H,1-2H3;3-5H,1-2H3;1-5H,(H,8,9,10,11);2*1-2H3;1H4. The maximum Gasteiger partial charge on any atom is 0.252 e. The van der Waals surface area contributed by atoms with Crippen molar-refractivity contribution in [2.45, 2.75) is 62.8 Å². The van der Waals surface area contributed by atoms with E-state index in [0.717, 1.165) is 33.4 Å². The van der Waals surface area contributed by atoms with E-state index in [1.54, 1.807) is 6.07 Å². The van der Waals surface area contributed by atoms with Gasteiger partial charge in [0.1, 0.15) is 0 Å². The molecule has 2 heterocycles. The Hall–Kier alpha value is -4.95. The minimum atomic E-state index is -0.383. The molecule has 9 heteroatoms. The predicted octanol–water partition coefficient (Wildman–Crippen LogP) is 10.3. The number of H-pyrrole nitrogens is 1. The lowest BCUT2D eigenvalue weighted by atomic mass is 10.1. The fraction of sp³-hybridized carbons (Fsp3) is 0.243. The number of carbonyl (C=O) groups is 1. The van der Waals surface area contributed by atoms with Crippen LogP contribution in [0.2, 0.25) is 0 Å². The zero-order valence-electron chi connectivity index (χ0n) is 27.2. The Morgan fingerprint density at radius 1 is 0.652 bits per heavy atom. The van der Waals surface area contributed by atoms with Gasteiger partial charge in [-0.3, -0.25) is 4.79 Å². The van der Waals surface area contributed by atoms with Gasteiger partial charge in [-0.2, -0.15) is 5.21 Å². The Morgan fingerprint density at radius 3 is 1.70 bits per heavy atom. The molecule has 0 saturated carbocycles. The lowest BCUT2D eigenvalue weighted by Crippen LogP contribution is -1.93. The number of nitrogens with one attached hydrogen (secondary N) is 1. The zero-order chi connectivity index (χ0) is 33.2. The normalized spacial score (nSPS) is 9.33. The monoisotopic (exact) mass is 640 g/mol. The van der Waals surface area contributed by atoms with E-state index in [4.69, 9.17) is 16.0 Å². The van der Waals surface area contributed by atoms with Gasteiger partial charge in [0, 0.05) is 22.3 Å². The van der Waals surface area contributed by atoms with Crippen LogP contribution in [0.3, 0.4) is 0 Å². The fourth-order valence-corrected chi connectivity index (χ4v) is 4.02. The molecule has 8 nitrogen and oxygen atoms in total. The summed E-state index contributed by atoms with van der Waals surface area (Å²) in [6, 6.07) is 31.3. The third-order valence-electron chi connectivity index (χ3n) is 6.05. The molecule has 0 aliphatic rings. The van der Waals surface area contributed by atoms with Crippen molar-refractivity contribution < 1.29 is 9.21 Å². The van der Waals surface area contributed by atoms with Crippen LogP contribution in [-0.4, -0.2) is 36.1 Å². The number of hydrogen-bond acceptors (Lipinski definition) is 7. The molecule has 6 rings (SSSR count). The second kappa shape index (κ2) is 20.9. The third-order valence-corrected chi connectivity index (χ3v) is 6.25. The number of tetrazole rings is 1. The van der Waals surface area contributed by atoms with E-state index in [2.05, 4.69) is 55.9 Å². The van der Waals surface area contributed by atoms with Gasteiger partial charge in [-0.25, -0.2) is 0 Å². The zero-order valence-corrected chi connectivity index (χ0v) is 27.9. The van der Waals surface area contributed by atoms with E-state index in [1.165, 1.54) is 5.56 Å². The predicted molar refractivity (Wildman–Crippen MR) is 190 cm³/mol. The third kappa shape index (κ3) is 11.9. The van der Waals surface area contributed by atoms with E-state index in [9.17, 15) is 4.79 Å². The molecule has 0 spiro atoms. The Morgan fingerprint density at radius 2 is 1.17 bits per heavy atom. The van der Waals surface area contributed by atoms with Gasteiger partial charge < -0.3 is 4.42 Å². The largest absolute Gasteiger partial charge is 0.416 e. The van der Waals surface area contributed by atoms with Crippen molar-refractivity contribution in [1.82, 2.24) is 30.8 Å². The number of aryl methyl sites for hydroxylation is 4. The topological polar surface area (TPSA) is 110 Å². The van der Waals surface area contributed by atoms with Gasteiger partial charge >= 0.3 is 0 Å². The number of hydrogen-bond donors (Lipinski definition) is 1. The molecule has 0 aliphatic heterocycles. The molecule has 0 fully saturated rings. The van der Waals surface area contributed by atoms with Crippen LogP contribution in [0.25, 0.3) is 34.3 Å². The molecule has 0 unspecified atom stereocenters. The van der Waals surface area contributed by atoms with Crippen molar-refractivity contribution in [2.75, 3.05) is 0 Å². The van der Waals surface area contributed by atoms with Crippen LogP contribution in [0, 0.1) is 27.7 Å². The average Bonchev–Trinajstić information content (AvgIpc) is 3.80. The molecular formula is C37H45ClN6O2. The van der Waals surface area contributed by atoms with Gasteiger partial charge in [-0.05, 0) is 79.9 Å². The Kier molecular flexibility index (Phi) is 17.8. The number of aromatic amines is 1. The quantitative estimate of drug-likeness (QED) is 0.191. The first-order valence-corrected chi connectivity index (χ1v) is 15.2. The van der Waals surface area contributed by atoms with Crippen molar-refractivity contribution in [2.24, 2.45) is 0 Å². The van der Waals surface area contributed by atoms with Gasteiger partial charge in [0.05, 0.1) is 0 Å². The van der Waals surface area contributed by atoms with Crippen molar-refractivity contribution in [3.8, 4) is 34.3 Å². The highest BCUT2D eigenvalue weighted by atomic mass is 35.5. The van der Waals surface area contributed by atoms with Crippen LogP contribution >= 0.6 is 11.6 Å². The van der Waals surface area contributed by atoms with Crippen LogP contribution in [0.1, 0.15) is 67.7 Å². The number of carbonyl (C=O) groups excluding carboxylic acids is 1. The fourth-order valence-electron chi connectivity index (χ4n) is 3.81. The van der Waals surface area contributed by atoms with Crippen molar-refractivity contribution >= 4 is 16.8 Å². The second-order valence-corrected chi connectivity index (χ2v) is 9.63. The van der Waals surface area contributed by atoms with E-state index in [-0.39, 0.29) is 12.7 Å². The van der Waals surface area contributed by atoms with Crippen LogP contribution in [0.15, 0.2) is 101 Å². The number of benzene rings is 4. The molecular weight excluding hydrogens is 596 g/mol. The number of nitrogens with zero attached hydrogens (tertiary/aromatic N) is 5. The van der Waals surface area contributed by atoms with E-state index in [1.807, 2.05) is 121 Å². The molecule has 242 valence electrons. The molecule has 0 radical (unpaired) electrons. The van der Waals surface area contributed by atoms with E-state index >= 15 is 0 Å². The van der Waals surface area contributed by atoms with Crippen LogP contribution in [0.4, 0.5) is 0 Å². The average molecular weight is 641 g/mol. The molecule has 0 amide bonds. The molecule has 2 aromatic heterocycles. The maximum atomic E-state index is 10.8. The molecule has 0 atom stereocenters. The molecule has 0 aliphatic carbocycles. The second-order valence-electron chi connectivity index (χ2n) is 9.29. The minimum absolute atomic E-state index is 0. The summed E-state index contributed by atoms with van der Waals surface area (Å²) in [6.45, 7) is 15.9. The highest BCUT2D eigenvalue weighted by molar-refractivity contribution is 6.67. The van der Waals surface area contributed by atoms with Gasteiger partial charge in [-0.1, -0.05) is 119 Å². The van der Waals surface area contributed by atoms with Gasteiger partial charge in [0.15, 0.2) is 0 Å². The van der Waals surface area contributed by atoms with Crippen molar-refractivity contribution in [3.63, 3.8) is 0 Å². The summed E-state index contributed by atoms with van der Waals surface area (Å²) < 4.78 is 5.77. The summed E-state index contributed by atoms with van der Waals surface area (Å²) >= 11 is 5.34. The Balaban J connectivity index is 0.000000340. The summed E-state index contributed by atoms with van der Waals surface area (Å²) in [4.78, 5) is 10.8. The van der Waals surface area contributed by atoms with Crippen LogP contribution in [0.5, 0.6) is 0 Å². The first-order valence-electron chi connectivity index (χ1n) is 14.8. The number of rotatable bonds is 4. The van der Waals surface area contributed by atoms with Gasteiger partial charge in [0.25, 0.3) is 5.24 Å². The summed E-state index contributed by atoms with van der Waals surface area (Å²) in [5, 5.41) is 21.4. The van der Waals surface area contributed by atoms with Crippen molar-refractivity contribution in [1.29, 1.82) is 0 Å². The summed E-state index contributed by atoms with van der Waals surface area (Å²) in [5.41, 5.74) is 7.80. The van der Waals surface area contributed by atoms with Crippen molar-refractivity contribution in [3.05, 3.63) is 125 Å². The van der Waals surface area contributed by atoms with E-state index < -0.39 is 0 Å². The molecule has 46 heavy (non-hydrogen) atoms. The SMILES string of the molecule is C.CC.CC.Cc1ccc(C)c(-c2nnc(-c3ccccc3)o2)c1.Cc1ccc(C)c(C(=O)Cl)c1.c1ccc(-c2nn[nH]n2)cc1. The highest BCUT2D eigenvalue weighted by Crippen LogP contribution is 2.26.